The van der Waals surface area contributed by atoms with Crippen LogP contribution in [-0.2, 0) is 16.5 Å². The van der Waals surface area contributed by atoms with Crippen LogP contribution in [0.15, 0.2) is 0 Å². The molecule has 0 aromatic carbocycles. The summed E-state index contributed by atoms with van der Waals surface area (Å²) in [6.07, 6.45) is 0. The average Bonchev–Trinajstić information content (AvgIpc) is 0. The molecule has 0 saturated heterocycles. The van der Waals surface area contributed by atoms with E-state index in [1.165, 1.54) is 0 Å². The van der Waals surface area contributed by atoms with Crippen molar-refractivity contribution in [1.82, 2.24) is 0 Å². The molecule has 0 aliphatic carbocycles. The van der Waals surface area contributed by atoms with Crippen molar-refractivity contribution in [2.45, 2.75) is 0 Å². The van der Waals surface area contributed by atoms with E-state index in [2.05, 4.69) is 0 Å². The van der Waals surface area contributed by atoms with Crippen LogP contribution >= 0.6 is 0 Å². The van der Waals surface area contributed by atoms with Crippen LogP contribution in [0, 0.1) is 35.6 Å². The van der Waals surface area contributed by atoms with Crippen LogP contribution in [0.3, 0.4) is 0 Å². The molecule has 0 unspecified atom stereocenters. The second-order valence-corrected chi connectivity index (χ2v) is 0. The van der Waals surface area contributed by atoms with Crippen LogP contribution < -0.4 is 0 Å². The van der Waals surface area contributed by atoms with Gasteiger partial charge in [-0.25, -0.2) is 0 Å². The molecule has 0 atom stereocenters. The fraction of sp³-hybridized carbons (Fsp3) is 0. The van der Waals surface area contributed by atoms with Gasteiger partial charge in [-0.15, -0.1) is 0 Å². The molecule has 0 amide bonds. The number of hydrogen-bond donors (Lipinski definition) is 0. The summed E-state index contributed by atoms with van der Waals surface area (Å²) in [5, 5.41) is 0. The van der Waals surface area contributed by atoms with Gasteiger partial charge in [0.1, 0.15) is 0 Å². The fourth-order valence-corrected chi connectivity index (χ4v) is 0. The van der Waals surface area contributed by atoms with Crippen LogP contribution in [0.2, 0.25) is 0 Å². The fourth-order valence-electron chi connectivity index (χ4n) is 0. The Morgan fingerprint density at radius 2 is 0.600 bits per heavy atom. The van der Waals surface area contributed by atoms with E-state index in [-0.39, 0.29) is 68.5 Å². The Balaban J connectivity index is 0. The Labute approximate surface area is 68.0 Å². The standard InChI is InChI=1S/La.Ni.3H2O/h;;3*1H2. The monoisotopic (exact) mass is 251 g/mol. The first-order valence-corrected chi connectivity index (χ1v) is 0. The molecule has 1 radical (unpaired) electrons. The van der Waals surface area contributed by atoms with Gasteiger partial charge < -0.3 is 16.4 Å². The van der Waals surface area contributed by atoms with Crippen molar-refractivity contribution in [2.24, 2.45) is 0 Å². The third-order valence-corrected chi connectivity index (χ3v) is 0. The molecule has 0 rings (SSSR count). The SMILES string of the molecule is O.O.O.[La].[Ni]. The van der Waals surface area contributed by atoms with Gasteiger partial charge in [0.15, 0.2) is 0 Å². The summed E-state index contributed by atoms with van der Waals surface area (Å²) in [5.74, 6) is 0. The van der Waals surface area contributed by atoms with Gasteiger partial charge in [-0.1, -0.05) is 0 Å². The normalized spacial score (nSPS) is 0. The summed E-state index contributed by atoms with van der Waals surface area (Å²) in [5.41, 5.74) is 0. The molecule has 6 N–H and O–H groups in total. The third kappa shape index (κ3) is 28.8. The van der Waals surface area contributed by atoms with Gasteiger partial charge in [0.2, 0.25) is 0 Å². The zero-order chi connectivity index (χ0) is 0. The Morgan fingerprint density at radius 3 is 0.600 bits per heavy atom. The Hall–Kier alpha value is 1.57. The predicted octanol–water partition coefficient (Wildman–Crippen LogP) is -2.48. The average molecular weight is 252 g/mol. The second kappa shape index (κ2) is 47.2. The molecule has 0 saturated carbocycles. The molecular formula is H6LaNiO3. The van der Waals surface area contributed by atoms with Gasteiger partial charge in [0.05, 0.1) is 0 Å². The van der Waals surface area contributed by atoms with E-state index in [1.807, 2.05) is 0 Å². The molecule has 0 aliphatic rings. The number of rotatable bonds is 0. The molecule has 0 aromatic rings. The first-order chi connectivity index (χ1) is 0. The second-order valence-electron chi connectivity index (χ2n) is 0. The van der Waals surface area contributed by atoms with Crippen LogP contribution in [0.1, 0.15) is 0 Å². The molecule has 0 aromatic heterocycles. The van der Waals surface area contributed by atoms with Crippen LogP contribution in [0.5, 0.6) is 0 Å². The zero-order valence-electron chi connectivity index (χ0n) is 2.39. The van der Waals surface area contributed by atoms with Crippen molar-refractivity contribution in [2.75, 3.05) is 0 Å². The molecule has 0 spiro atoms. The van der Waals surface area contributed by atoms with Crippen molar-refractivity contribution in [1.29, 1.82) is 0 Å². The van der Waals surface area contributed by atoms with E-state index in [0.29, 0.717) is 0 Å². The Bertz CT molecular complexity index is 6.85. The molecule has 0 aliphatic heterocycles. The molecule has 5 heavy (non-hydrogen) atoms. The molecular weight excluding hydrogens is 246 g/mol. The number of hydrogen-bond acceptors (Lipinski definition) is 0. The van der Waals surface area contributed by atoms with Gasteiger partial charge in [0.25, 0.3) is 0 Å². The molecule has 37 valence electrons. The molecule has 3 nitrogen and oxygen atoms in total. The minimum atomic E-state index is 0. The Kier molecular flexibility index (Phi) is 782. The first kappa shape index (κ1) is 82.8. The van der Waals surface area contributed by atoms with Gasteiger partial charge in [-0.2, -0.15) is 0 Å². The summed E-state index contributed by atoms with van der Waals surface area (Å²) in [7, 11) is 0. The van der Waals surface area contributed by atoms with Gasteiger partial charge in [-0.05, 0) is 0 Å². The maximum atomic E-state index is 0. The summed E-state index contributed by atoms with van der Waals surface area (Å²) in [6.45, 7) is 0. The summed E-state index contributed by atoms with van der Waals surface area (Å²) >= 11 is 0. The smallest absolute Gasteiger partial charge is 0 e. The van der Waals surface area contributed by atoms with Gasteiger partial charge >= 0.3 is 0 Å². The van der Waals surface area contributed by atoms with E-state index in [4.69, 9.17) is 0 Å². The van der Waals surface area contributed by atoms with Crippen LogP contribution in [-0.4, -0.2) is 16.4 Å². The van der Waals surface area contributed by atoms with E-state index in [0.717, 1.165) is 0 Å². The minimum Gasteiger partial charge on any atom is -0.412 e. The van der Waals surface area contributed by atoms with E-state index < -0.39 is 0 Å². The van der Waals surface area contributed by atoms with E-state index in [9.17, 15) is 0 Å². The maximum absolute atomic E-state index is 0. The first-order valence-electron chi connectivity index (χ1n) is 0. The van der Waals surface area contributed by atoms with Crippen LogP contribution in [0.25, 0.3) is 0 Å². The van der Waals surface area contributed by atoms with Crippen molar-refractivity contribution >= 4 is 0 Å². The molecule has 0 bridgehead atoms. The quantitative estimate of drug-likeness (QED) is 0.427. The predicted molar refractivity (Wildman–Crippen MR) is 10.8 cm³/mol. The zero-order valence-corrected chi connectivity index (χ0v) is 7.01. The summed E-state index contributed by atoms with van der Waals surface area (Å²) in [4.78, 5) is 0. The van der Waals surface area contributed by atoms with E-state index >= 15 is 0 Å². The molecule has 0 heterocycles. The van der Waals surface area contributed by atoms with Crippen molar-refractivity contribution in [3.8, 4) is 0 Å². The summed E-state index contributed by atoms with van der Waals surface area (Å²) in [6, 6.07) is 0. The van der Waals surface area contributed by atoms with Crippen LogP contribution in [0.4, 0.5) is 0 Å². The maximum Gasteiger partial charge on any atom is 0 e. The molecule has 5 heteroatoms. The summed E-state index contributed by atoms with van der Waals surface area (Å²) < 4.78 is 0. The topological polar surface area (TPSA) is 94.5 Å². The van der Waals surface area contributed by atoms with Gasteiger partial charge in [0, 0.05) is 52.1 Å². The Morgan fingerprint density at radius 1 is 0.600 bits per heavy atom. The molecule has 0 fully saturated rings. The minimum absolute atomic E-state index is 0. The van der Waals surface area contributed by atoms with E-state index in [1.54, 1.807) is 0 Å². The van der Waals surface area contributed by atoms with Crippen molar-refractivity contribution < 1.29 is 68.5 Å². The third-order valence-electron chi connectivity index (χ3n) is 0. The van der Waals surface area contributed by atoms with Crippen molar-refractivity contribution in [3.05, 3.63) is 0 Å². The van der Waals surface area contributed by atoms with Crippen molar-refractivity contribution in [3.63, 3.8) is 0 Å². The van der Waals surface area contributed by atoms with Gasteiger partial charge in [-0.3, -0.25) is 0 Å². The largest absolute Gasteiger partial charge is 0.412 e.